The van der Waals surface area contributed by atoms with Gasteiger partial charge in [0.25, 0.3) is 0 Å². The van der Waals surface area contributed by atoms with E-state index in [2.05, 4.69) is 23.7 Å². The number of ether oxygens (including phenoxy) is 1. The normalized spacial score (nSPS) is 19.6. The van der Waals surface area contributed by atoms with Gasteiger partial charge in [-0.1, -0.05) is 26.0 Å². The Balaban J connectivity index is 1.56. The second-order valence-electron chi connectivity index (χ2n) is 10.8. The number of nitrogens with one attached hydrogen (secondary N) is 1. The molecule has 1 aromatic heterocycles. The maximum atomic E-state index is 14.0. The van der Waals surface area contributed by atoms with Crippen LogP contribution in [0.25, 0.3) is 11.0 Å². The highest BCUT2D eigenvalue weighted by Crippen LogP contribution is 2.57. The van der Waals surface area contributed by atoms with Crippen LogP contribution in [0, 0.1) is 12.8 Å². The monoisotopic (exact) mass is 529 g/mol. The highest BCUT2D eigenvalue weighted by Gasteiger charge is 2.56. The number of carbonyl (C=O) groups excluding carboxylic acids is 3. The Morgan fingerprint density at radius 3 is 2.51 bits per heavy atom. The molecule has 5 rings (SSSR count). The molecule has 39 heavy (non-hydrogen) atoms. The smallest absolute Gasteiger partial charge is 0.194 e. The van der Waals surface area contributed by atoms with Gasteiger partial charge in [-0.3, -0.25) is 14.4 Å². The summed E-state index contributed by atoms with van der Waals surface area (Å²) in [7, 11) is 0. The minimum absolute atomic E-state index is 0.00516. The van der Waals surface area contributed by atoms with Gasteiger partial charge in [0.05, 0.1) is 28.7 Å². The standard InChI is InChI=1S/C30H31N3O6/c1-14(2)13-33-19-10-8-7-9-18(19)32-22(33)12-31-16(4)23-20(35)11-21-30(6,29(23)38)25-27(37)15(3)26(36)24(17(5)34)28(25)39-21/h7-11,14,31,36-37H,12-13H2,1-6H3/b23-16+/t30-/m1/s1. The summed E-state index contributed by atoms with van der Waals surface area (Å²) in [4.78, 5) is 44.4. The number of aromatic nitrogens is 2. The van der Waals surface area contributed by atoms with Gasteiger partial charge in [-0.25, -0.2) is 4.98 Å². The number of aromatic hydroxyl groups is 2. The average Bonchev–Trinajstić information content (AvgIpc) is 3.36. The zero-order valence-corrected chi connectivity index (χ0v) is 22.8. The third kappa shape index (κ3) is 3.83. The van der Waals surface area contributed by atoms with Crippen molar-refractivity contribution in [3.05, 3.63) is 69.9 Å². The lowest BCUT2D eigenvalue weighted by Crippen LogP contribution is -2.41. The summed E-state index contributed by atoms with van der Waals surface area (Å²) in [5.41, 5.74) is 0.586. The highest BCUT2D eigenvalue weighted by molar-refractivity contribution is 6.31. The van der Waals surface area contributed by atoms with E-state index in [1.165, 1.54) is 19.9 Å². The summed E-state index contributed by atoms with van der Waals surface area (Å²) in [5.74, 6) is -1.34. The van der Waals surface area contributed by atoms with E-state index >= 15 is 0 Å². The van der Waals surface area contributed by atoms with Gasteiger partial charge < -0.3 is 24.8 Å². The molecule has 0 bridgehead atoms. The number of rotatable bonds is 6. The number of imidazole rings is 1. The Kier molecular flexibility index (Phi) is 6.13. The van der Waals surface area contributed by atoms with Crippen LogP contribution in [0.15, 0.2) is 47.4 Å². The summed E-state index contributed by atoms with van der Waals surface area (Å²) >= 11 is 0. The first-order chi connectivity index (χ1) is 18.4. The molecule has 0 spiro atoms. The van der Waals surface area contributed by atoms with E-state index in [4.69, 9.17) is 9.72 Å². The highest BCUT2D eigenvalue weighted by atomic mass is 16.5. The van der Waals surface area contributed by atoms with Crippen molar-refractivity contribution in [2.45, 2.75) is 60.0 Å². The summed E-state index contributed by atoms with van der Waals surface area (Å²) < 4.78 is 7.96. The van der Waals surface area contributed by atoms with E-state index in [-0.39, 0.29) is 46.1 Å². The fourth-order valence-electron chi connectivity index (χ4n) is 5.49. The molecule has 0 radical (unpaired) electrons. The van der Waals surface area contributed by atoms with E-state index in [0.717, 1.165) is 23.4 Å². The number of ketones is 3. The molecule has 0 saturated heterocycles. The molecule has 1 atom stereocenters. The number of Topliss-reactive ketones (excluding diaryl/α,β-unsaturated/α-hetero) is 2. The van der Waals surface area contributed by atoms with Crippen molar-refractivity contribution in [1.82, 2.24) is 14.9 Å². The van der Waals surface area contributed by atoms with E-state index in [9.17, 15) is 24.6 Å². The molecule has 0 amide bonds. The van der Waals surface area contributed by atoms with Crippen LogP contribution in [0.4, 0.5) is 0 Å². The number of phenols is 2. The van der Waals surface area contributed by atoms with E-state index < -0.39 is 28.5 Å². The minimum Gasteiger partial charge on any atom is -0.507 e. The van der Waals surface area contributed by atoms with Crippen LogP contribution in [0.5, 0.6) is 17.2 Å². The number of hydrogen-bond donors (Lipinski definition) is 3. The van der Waals surface area contributed by atoms with Crippen molar-refractivity contribution in [2.75, 3.05) is 0 Å². The summed E-state index contributed by atoms with van der Waals surface area (Å²) in [6, 6.07) is 7.85. The van der Waals surface area contributed by atoms with Gasteiger partial charge in [0.1, 0.15) is 39.8 Å². The minimum atomic E-state index is -1.56. The summed E-state index contributed by atoms with van der Waals surface area (Å²) in [6.07, 6.45) is 1.21. The number of hydrogen-bond acceptors (Lipinski definition) is 8. The lowest BCUT2D eigenvalue weighted by molar-refractivity contribution is -0.123. The molecule has 3 N–H and O–H groups in total. The molecule has 2 aliphatic rings. The molecular formula is C30H31N3O6. The van der Waals surface area contributed by atoms with Crippen LogP contribution in [0.2, 0.25) is 0 Å². The Morgan fingerprint density at radius 1 is 1.15 bits per heavy atom. The average molecular weight is 530 g/mol. The van der Waals surface area contributed by atoms with E-state index in [0.29, 0.717) is 11.6 Å². The lowest BCUT2D eigenvalue weighted by Gasteiger charge is -2.29. The summed E-state index contributed by atoms with van der Waals surface area (Å²) in [6.45, 7) is 11.2. The Bertz CT molecular complexity index is 1660. The van der Waals surface area contributed by atoms with Crippen molar-refractivity contribution in [3.8, 4) is 17.2 Å². The molecular weight excluding hydrogens is 498 g/mol. The number of para-hydroxylation sites is 2. The Morgan fingerprint density at radius 2 is 1.85 bits per heavy atom. The summed E-state index contributed by atoms with van der Waals surface area (Å²) in [5, 5.41) is 24.7. The molecule has 9 nitrogen and oxygen atoms in total. The first kappa shape index (κ1) is 26.2. The maximum absolute atomic E-state index is 14.0. The zero-order chi connectivity index (χ0) is 28.4. The van der Waals surface area contributed by atoms with Gasteiger partial charge >= 0.3 is 0 Å². The van der Waals surface area contributed by atoms with Crippen LogP contribution in [0.1, 0.15) is 61.9 Å². The van der Waals surface area contributed by atoms with Gasteiger partial charge in [0.2, 0.25) is 0 Å². The SMILES string of the molecule is CC(=O)c1c(O)c(C)c(O)c2c1OC1=CC(=O)/C(=C(/C)NCc3nc4ccccc4n3CC(C)C)C(=O)[C@]12C. The van der Waals surface area contributed by atoms with E-state index in [1.807, 2.05) is 24.3 Å². The van der Waals surface area contributed by atoms with Crippen LogP contribution < -0.4 is 10.1 Å². The number of fused-ring (bicyclic) bond motifs is 4. The van der Waals surface area contributed by atoms with E-state index in [1.54, 1.807) is 13.8 Å². The second-order valence-corrected chi connectivity index (χ2v) is 10.8. The molecule has 9 heteroatoms. The molecule has 0 saturated carbocycles. The van der Waals surface area contributed by atoms with Crippen LogP contribution >= 0.6 is 0 Å². The van der Waals surface area contributed by atoms with Crippen molar-refractivity contribution >= 4 is 28.4 Å². The second kappa shape index (κ2) is 9.11. The van der Waals surface area contributed by atoms with Crippen LogP contribution in [-0.4, -0.2) is 37.1 Å². The number of nitrogens with zero attached hydrogens (tertiary/aromatic N) is 2. The Hall–Kier alpha value is -4.40. The number of allylic oxidation sites excluding steroid dienone is 4. The molecule has 0 fully saturated rings. The predicted octanol–water partition coefficient (Wildman–Crippen LogP) is 4.36. The predicted molar refractivity (Wildman–Crippen MR) is 145 cm³/mol. The third-order valence-corrected chi connectivity index (χ3v) is 7.55. The van der Waals surface area contributed by atoms with Crippen molar-refractivity contribution in [1.29, 1.82) is 0 Å². The molecule has 1 aliphatic heterocycles. The Labute approximate surface area is 225 Å². The number of carbonyl (C=O) groups is 3. The van der Waals surface area contributed by atoms with Crippen molar-refractivity contribution in [3.63, 3.8) is 0 Å². The third-order valence-electron chi connectivity index (χ3n) is 7.55. The quantitative estimate of drug-likeness (QED) is 0.244. The van der Waals surface area contributed by atoms with Gasteiger partial charge in [-0.05, 0) is 45.7 Å². The molecule has 1 aliphatic carbocycles. The topological polar surface area (TPSA) is 131 Å². The fourth-order valence-corrected chi connectivity index (χ4v) is 5.49. The van der Waals surface area contributed by atoms with Gasteiger partial charge in [0, 0.05) is 23.9 Å². The van der Waals surface area contributed by atoms with Crippen LogP contribution in [0.3, 0.4) is 0 Å². The van der Waals surface area contributed by atoms with Crippen molar-refractivity contribution in [2.24, 2.45) is 5.92 Å². The molecule has 202 valence electrons. The largest absolute Gasteiger partial charge is 0.507 e. The molecule has 2 heterocycles. The number of phenolic OH excluding ortho intramolecular Hbond substituents is 2. The lowest BCUT2D eigenvalue weighted by atomic mass is 9.70. The fraction of sp³-hybridized carbons (Fsp3) is 0.333. The van der Waals surface area contributed by atoms with Gasteiger partial charge in [-0.15, -0.1) is 0 Å². The van der Waals surface area contributed by atoms with Gasteiger partial charge in [-0.2, -0.15) is 0 Å². The zero-order valence-electron chi connectivity index (χ0n) is 22.8. The van der Waals surface area contributed by atoms with Gasteiger partial charge in [0.15, 0.2) is 17.3 Å². The first-order valence-corrected chi connectivity index (χ1v) is 12.9. The molecule has 2 aromatic carbocycles. The first-order valence-electron chi connectivity index (χ1n) is 12.9. The maximum Gasteiger partial charge on any atom is 0.194 e. The van der Waals surface area contributed by atoms with Crippen LogP contribution in [-0.2, 0) is 28.1 Å². The molecule has 3 aromatic rings. The molecule has 0 unspecified atom stereocenters. The van der Waals surface area contributed by atoms with Crippen molar-refractivity contribution < 1.29 is 29.3 Å². The number of benzene rings is 2.